The Morgan fingerprint density at radius 3 is 2.33 bits per heavy atom. The molecule has 0 aliphatic heterocycles. The van der Waals surface area contributed by atoms with Gasteiger partial charge < -0.3 is 10.2 Å². The Balaban J connectivity index is 2.46. The maximum absolute atomic E-state index is 5.96. The molecule has 0 bridgehead atoms. The van der Waals surface area contributed by atoms with Gasteiger partial charge in [-0.3, -0.25) is 0 Å². The van der Waals surface area contributed by atoms with Gasteiger partial charge in [0.1, 0.15) is 11.5 Å². The lowest BCUT2D eigenvalue weighted by molar-refractivity contribution is 0.469. The van der Waals surface area contributed by atoms with Gasteiger partial charge in [-0.2, -0.15) is 0 Å². The molecular formula is C13H12Br3NO. The molecule has 0 aliphatic rings. The second kappa shape index (κ2) is 5.90. The number of furan rings is 1. The normalized spacial score (nSPS) is 12.7. The summed E-state index contributed by atoms with van der Waals surface area (Å²) >= 11 is 10.5. The van der Waals surface area contributed by atoms with Gasteiger partial charge in [-0.25, -0.2) is 0 Å². The van der Waals surface area contributed by atoms with Crippen molar-refractivity contribution in [3.8, 4) is 11.3 Å². The molecular weight excluding hydrogens is 426 g/mol. The van der Waals surface area contributed by atoms with Crippen LogP contribution in [0.3, 0.4) is 0 Å². The highest BCUT2D eigenvalue weighted by atomic mass is 79.9. The highest BCUT2D eigenvalue weighted by molar-refractivity contribution is 9.11. The number of nitrogens with two attached hydrogens (primary N) is 1. The van der Waals surface area contributed by atoms with Gasteiger partial charge in [-0.05, 0) is 62.5 Å². The summed E-state index contributed by atoms with van der Waals surface area (Å²) in [6, 6.07) is 7.81. The number of benzene rings is 1. The Bertz CT molecular complexity index is 542. The summed E-state index contributed by atoms with van der Waals surface area (Å²) in [6.07, 6.45) is 0.857. The van der Waals surface area contributed by atoms with Gasteiger partial charge in [0.2, 0.25) is 0 Å². The quantitative estimate of drug-likeness (QED) is 0.674. The van der Waals surface area contributed by atoms with Crippen molar-refractivity contribution in [3.05, 3.63) is 43.4 Å². The van der Waals surface area contributed by atoms with E-state index in [-0.39, 0.29) is 6.04 Å². The van der Waals surface area contributed by atoms with Crippen LogP contribution in [-0.2, 0) is 0 Å². The third kappa shape index (κ3) is 2.90. The van der Waals surface area contributed by atoms with Crippen LogP contribution < -0.4 is 5.73 Å². The molecule has 1 unspecified atom stereocenters. The van der Waals surface area contributed by atoms with Gasteiger partial charge in [-0.15, -0.1) is 0 Å². The minimum Gasteiger partial charge on any atom is -0.459 e. The molecule has 2 N–H and O–H groups in total. The van der Waals surface area contributed by atoms with Crippen molar-refractivity contribution in [2.45, 2.75) is 19.4 Å². The summed E-state index contributed by atoms with van der Waals surface area (Å²) in [6.45, 7) is 2.04. The Hall–Kier alpha value is -0.100. The van der Waals surface area contributed by atoms with E-state index >= 15 is 0 Å². The number of halogens is 3. The van der Waals surface area contributed by atoms with Gasteiger partial charge in [0.25, 0.3) is 0 Å². The van der Waals surface area contributed by atoms with Crippen molar-refractivity contribution in [2.75, 3.05) is 0 Å². The predicted octanol–water partition coefficient (Wildman–Crippen LogP) is 5.64. The van der Waals surface area contributed by atoms with E-state index < -0.39 is 0 Å². The summed E-state index contributed by atoms with van der Waals surface area (Å²) in [4.78, 5) is 0. The molecule has 1 aromatic carbocycles. The number of rotatable bonds is 3. The Morgan fingerprint density at radius 2 is 1.78 bits per heavy atom. The highest BCUT2D eigenvalue weighted by Crippen LogP contribution is 2.39. The molecule has 2 nitrogen and oxygen atoms in total. The van der Waals surface area contributed by atoms with Crippen LogP contribution in [0.2, 0.25) is 0 Å². The average Bonchev–Trinajstić information content (AvgIpc) is 2.76. The van der Waals surface area contributed by atoms with Crippen molar-refractivity contribution in [1.82, 2.24) is 0 Å². The van der Waals surface area contributed by atoms with Crippen LogP contribution in [0.5, 0.6) is 0 Å². The molecule has 0 radical (unpaired) electrons. The summed E-state index contributed by atoms with van der Waals surface area (Å²) in [5, 5.41) is 0. The van der Waals surface area contributed by atoms with E-state index in [1.54, 1.807) is 0 Å². The molecule has 2 rings (SSSR count). The predicted molar refractivity (Wildman–Crippen MR) is 84.5 cm³/mol. The third-order valence-corrected chi connectivity index (χ3v) is 4.39. The van der Waals surface area contributed by atoms with Crippen molar-refractivity contribution in [3.63, 3.8) is 0 Å². The molecule has 0 saturated heterocycles. The first-order valence-electron chi connectivity index (χ1n) is 5.53. The summed E-state index contributed by atoms with van der Waals surface area (Å²) in [5.74, 6) is 1.62. The summed E-state index contributed by atoms with van der Waals surface area (Å²) in [5.41, 5.74) is 6.95. The summed E-state index contributed by atoms with van der Waals surface area (Å²) < 4.78 is 8.76. The first kappa shape index (κ1) is 14.3. The van der Waals surface area contributed by atoms with E-state index in [9.17, 15) is 0 Å². The first-order chi connectivity index (χ1) is 8.52. The Morgan fingerprint density at radius 1 is 1.17 bits per heavy atom. The van der Waals surface area contributed by atoms with Crippen LogP contribution in [0.4, 0.5) is 0 Å². The minimum atomic E-state index is -0.0493. The molecule has 0 fully saturated rings. The van der Waals surface area contributed by atoms with Crippen molar-refractivity contribution in [2.24, 2.45) is 5.73 Å². The number of hydrogen-bond donors (Lipinski definition) is 1. The zero-order chi connectivity index (χ0) is 13.3. The van der Waals surface area contributed by atoms with E-state index in [2.05, 4.69) is 47.8 Å². The molecule has 0 spiro atoms. The van der Waals surface area contributed by atoms with Crippen molar-refractivity contribution < 1.29 is 4.42 Å². The molecule has 5 heteroatoms. The van der Waals surface area contributed by atoms with Crippen LogP contribution >= 0.6 is 47.8 Å². The van der Waals surface area contributed by atoms with Crippen LogP contribution in [0.1, 0.15) is 25.1 Å². The molecule has 2 aromatic rings. The van der Waals surface area contributed by atoms with Crippen molar-refractivity contribution >= 4 is 47.8 Å². The smallest absolute Gasteiger partial charge is 0.136 e. The second-order valence-corrected chi connectivity index (χ2v) is 6.59. The van der Waals surface area contributed by atoms with Crippen LogP contribution in [0, 0.1) is 0 Å². The molecule has 1 aromatic heterocycles. The lowest BCUT2D eigenvalue weighted by Crippen LogP contribution is -2.06. The maximum atomic E-state index is 5.96. The van der Waals surface area contributed by atoms with Gasteiger partial charge in [0.05, 0.1) is 6.04 Å². The molecule has 0 saturated carbocycles. The SMILES string of the molecule is CCC(N)c1ccc(-c2c(Br)cc(Br)cc2Br)o1. The third-order valence-electron chi connectivity index (χ3n) is 2.69. The zero-order valence-corrected chi connectivity index (χ0v) is 14.5. The maximum Gasteiger partial charge on any atom is 0.136 e. The largest absolute Gasteiger partial charge is 0.459 e. The monoisotopic (exact) mass is 435 g/mol. The van der Waals surface area contributed by atoms with E-state index in [1.807, 2.05) is 31.2 Å². The van der Waals surface area contributed by atoms with Gasteiger partial charge in [0, 0.05) is 19.0 Å². The fourth-order valence-corrected chi connectivity index (χ4v) is 4.31. The number of hydrogen-bond acceptors (Lipinski definition) is 2. The standard InChI is InChI=1S/C13H12Br3NO/c1-2-10(17)11-3-4-12(18-11)13-8(15)5-7(14)6-9(13)16/h3-6,10H,2,17H2,1H3. The second-order valence-electron chi connectivity index (χ2n) is 3.96. The highest BCUT2D eigenvalue weighted by Gasteiger charge is 2.15. The topological polar surface area (TPSA) is 39.2 Å². The zero-order valence-electron chi connectivity index (χ0n) is 9.71. The molecule has 1 atom stereocenters. The van der Waals surface area contributed by atoms with E-state index in [1.165, 1.54) is 0 Å². The van der Waals surface area contributed by atoms with Crippen LogP contribution in [-0.4, -0.2) is 0 Å². The first-order valence-corrected chi connectivity index (χ1v) is 7.91. The minimum absolute atomic E-state index is 0.0493. The van der Waals surface area contributed by atoms with Crippen LogP contribution in [0.25, 0.3) is 11.3 Å². The molecule has 0 aliphatic carbocycles. The van der Waals surface area contributed by atoms with Gasteiger partial charge in [0.15, 0.2) is 0 Å². The fourth-order valence-electron chi connectivity index (χ4n) is 1.67. The van der Waals surface area contributed by atoms with E-state index in [0.29, 0.717) is 0 Å². The Labute approximate surface area is 131 Å². The summed E-state index contributed by atoms with van der Waals surface area (Å²) in [7, 11) is 0. The molecule has 96 valence electrons. The average molecular weight is 438 g/mol. The lowest BCUT2D eigenvalue weighted by Gasteiger charge is -2.07. The van der Waals surface area contributed by atoms with Gasteiger partial charge >= 0.3 is 0 Å². The molecule has 1 heterocycles. The Kier molecular flexibility index (Phi) is 4.69. The van der Waals surface area contributed by atoms with Gasteiger partial charge in [-0.1, -0.05) is 22.9 Å². The van der Waals surface area contributed by atoms with E-state index in [0.717, 1.165) is 36.9 Å². The lowest BCUT2D eigenvalue weighted by atomic mass is 10.2. The van der Waals surface area contributed by atoms with E-state index in [4.69, 9.17) is 10.2 Å². The van der Waals surface area contributed by atoms with Crippen molar-refractivity contribution in [1.29, 1.82) is 0 Å². The molecule has 18 heavy (non-hydrogen) atoms. The fraction of sp³-hybridized carbons (Fsp3) is 0.231. The van der Waals surface area contributed by atoms with Crippen LogP contribution in [0.15, 0.2) is 42.1 Å². The molecule has 0 amide bonds.